The summed E-state index contributed by atoms with van der Waals surface area (Å²) in [7, 11) is 1.53. The van der Waals surface area contributed by atoms with Crippen LogP contribution in [0.3, 0.4) is 0 Å². The molecule has 4 unspecified atom stereocenters. The molecule has 2 fully saturated rings. The Morgan fingerprint density at radius 3 is 2.76 bits per heavy atom. The van der Waals surface area contributed by atoms with Crippen LogP contribution in [-0.4, -0.2) is 53.9 Å². The SMILES string of the molecule is COCCN1C(=O)C2C(Cc3c[nH]c4ccccc34)NC3(C(=O)Nc4ccc(Cl)cc43)C2C1=O. The van der Waals surface area contributed by atoms with Gasteiger partial charge < -0.3 is 15.0 Å². The van der Waals surface area contributed by atoms with Crippen molar-refractivity contribution >= 4 is 45.9 Å². The first-order valence-corrected chi connectivity index (χ1v) is 11.6. The van der Waals surface area contributed by atoms with E-state index in [0.29, 0.717) is 22.7 Å². The minimum atomic E-state index is -1.36. The molecule has 3 aromatic rings. The van der Waals surface area contributed by atoms with Crippen LogP contribution in [0.2, 0.25) is 5.02 Å². The zero-order valence-corrected chi connectivity index (χ0v) is 19.2. The van der Waals surface area contributed by atoms with Gasteiger partial charge in [0.1, 0.15) is 5.54 Å². The molecule has 4 heterocycles. The number of aromatic nitrogens is 1. The van der Waals surface area contributed by atoms with Crippen molar-refractivity contribution in [3.63, 3.8) is 0 Å². The number of imide groups is 1. The van der Waals surface area contributed by atoms with E-state index >= 15 is 0 Å². The van der Waals surface area contributed by atoms with Crippen LogP contribution < -0.4 is 10.6 Å². The van der Waals surface area contributed by atoms with Gasteiger partial charge in [-0.1, -0.05) is 29.8 Å². The number of benzene rings is 2. The van der Waals surface area contributed by atoms with Crippen molar-refractivity contribution in [3.8, 4) is 0 Å². The number of amides is 3. The van der Waals surface area contributed by atoms with Crippen molar-refractivity contribution < 1.29 is 19.1 Å². The quantitative estimate of drug-likeness (QED) is 0.489. The second-order valence-electron chi connectivity index (χ2n) is 9.09. The molecular weight excluding hydrogens is 456 g/mol. The molecule has 2 saturated heterocycles. The molecule has 0 aliphatic carbocycles. The molecule has 2 aromatic carbocycles. The average Bonchev–Trinajstić information content (AvgIpc) is 3.53. The number of likely N-dealkylation sites (tertiary alicyclic amines) is 1. The number of nitrogens with one attached hydrogen (secondary N) is 3. The van der Waals surface area contributed by atoms with E-state index in [1.165, 1.54) is 12.0 Å². The highest BCUT2D eigenvalue weighted by molar-refractivity contribution is 6.31. The summed E-state index contributed by atoms with van der Waals surface area (Å²) in [4.78, 5) is 45.3. The van der Waals surface area contributed by atoms with Crippen molar-refractivity contribution in [3.05, 3.63) is 64.8 Å². The molecule has 0 radical (unpaired) electrons. The summed E-state index contributed by atoms with van der Waals surface area (Å²) >= 11 is 6.30. The van der Waals surface area contributed by atoms with Gasteiger partial charge in [-0.3, -0.25) is 24.6 Å². The van der Waals surface area contributed by atoms with Gasteiger partial charge in [-0.05, 0) is 36.2 Å². The predicted molar refractivity (Wildman–Crippen MR) is 126 cm³/mol. The number of H-pyrrole nitrogens is 1. The highest BCUT2D eigenvalue weighted by Crippen LogP contribution is 2.53. The number of carbonyl (C=O) groups is 3. The molecule has 0 bridgehead atoms. The lowest BCUT2D eigenvalue weighted by atomic mass is 9.76. The van der Waals surface area contributed by atoms with Crippen LogP contribution in [0, 0.1) is 11.8 Å². The standard InChI is InChI=1S/C25H23ClN4O4/c1-34-9-8-30-22(31)20-19(10-13-12-27-17-5-3-2-4-15(13)17)29-25(21(20)23(30)32)16-11-14(26)6-7-18(16)28-24(25)33/h2-7,11-12,19-21,27,29H,8-10H2,1H3,(H,28,33). The van der Waals surface area contributed by atoms with Crippen LogP contribution in [0.25, 0.3) is 10.9 Å². The van der Waals surface area contributed by atoms with E-state index < -0.39 is 23.4 Å². The van der Waals surface area contributed by atoms with Crippen molar-refractivity contribution in [1.82, 2.24) is 15.2 Å². The second-order valence-corrected chi connectivity index (χ2v) is 9.53. The van der Waals surface area contributed by atoms with E-state index in [9.17, 15) is 14.4 Å². The monoisotopic (exact) mass is 478 g/mol. The van der Waals surface area contributed by atoms with Gasteiger partial charge in [0.2, 0.25) is 17.7 Å². The number of ether oxygens (including phenoxy) is 1. The first kappa shape index (κ1) is 21.3. The number of fused-ring (bicyclic) bond motifs is 5. The number of carbonyl (C=O) groups excluding carboxylic acids is 3. The first-order chi connectivity index (χ1) is 16.5. The number of hydrogen-bond donors (Lipinski definition) is 3. The Labute approximate surface area is 200 Å². The summed E-state index contributed by atoms with van der Waals surface area (Å²) in [5.74, 6) is -2.52. The summed E-state index contributed by atoms with van der Waals surface area (Å²) in [6.45, 7) is 0.389. The summed E-state index contributed by atoms with van der Waals surface area (Å²) in [6.07, 6.45) is 2.41. The fourth-order valence-corrected chi connectivity index (χ4v) is 6.12. The van der Waals surface area contributed by atoms with E-state index in [1.807, 2.05) is 30.5 Å². The van der Waals surface area contributed by atoms with Crippen LogP contribution in [-0.2, 0) is 31.1 Å². The molecule has 1 aromatic heterocycles. The molecule has 0 saturated carbocycles. The average molecular weight is 479 g/mol. The third-order valence-electron chi connectivity index (χ3n) is 7.40. The molecule has 4 atom stereocenters. The smallest absolute Gasteiger partial charge is 0.250 e. The Balaban J connectivity index is 1.47. The van der Waals surface area contributed by atoms with Crippen LogP contribution in [0.5, 0.6) is 0 Å². The fourth-order valence-electron chi connectivity index (χ4n) is 5.95. The van der Waals surface area contributed by atoms with Gasteiger partial charge in [0.15, 0.2) is 0 Å². The maximum atomic E-state index is 13.7. The second kappa shape index (κ2) is 7.66. The maximum absolute atomic E-state index is 13.7. The zero-order valence-electron chi connectivity index (χ0n) is 18.4. The Kier molecular flexibility index (Phi) is 4.81. The summed E-state index contributed by atoms with van der Waals surface area (Å²) in [6, 6.07) is 12.6. The number of hydrogen-bond acceptors (Lipinski definition) is 5. The lowest BCUT2D eigenvalue weighted by molar-refractivity contribution is -0.143. The number of nitrogens with zero attached hydrogens (tertiary/aromatic N) is 1. The fraction of sp³-hybridized carbons (Fsp3) is 0.320. The molecule has 174 valence electrons. The third kappa shape index (κ3) is 2.82. The van der Waals surface area contributed by atoms with Gasteiger partial charge >= 0.3 is 0 Å². The number of rotatable bonds is 5. The molecule has 1 spiro atoms. The Bertz CT molecular complexity index is 1350. The topological polar surface area (TPSA) is 104 Å². The Morgan fingerprint density at radius 1 is 1.12 bits per heavy atom. The van der Waals surface area contributed by atoms with E-state index in [2.05, 4.69) is 15.6 Å². The maximum Gasteiger partial charge on any atom is 0.250 e. The highest BCUT2D eigenvalue weighted by atomic mass is 35.5. The lowest BCUT2D eigenvalue weighted by Gasteiger charge is -2.29. The Hall–Kier alpha value is -3.20. The molecule has 34 heavy (non-hydrogen) atoms. The van der Waals surface area contributed by atoms with Crippen LogP contribution in [0.1, 0.15) is 11.1 Å². The first-order valence-electron chi connectivity index (χ1n) is 11.2. The summed E-state index contributed by atoms with van der Waals surface area (Å²) in [5, 5.41) is 7.87. The molecule has 9 heteroatoms. The van der Waals surface area contributed by atoms with Gasteiger partial charge in [0.05, 0.1) is 25.0 Å². The number of para-hydroxylation sites is 1. The molecule has 6 rings (SSSR count). The Morgan fingerprint density at radius 2 is 1.94 bits per heavy atom. The van der Waals surface area contributed by atoms with Gasteiger partial charge in [-0.15, -0.1) is 0 Å². The molecular formula is C25H23ClN4O4. The number of anilines is 1. The summed E-state index contributed by atoms with van der Waals surface area (Å²) in [5.41, 5.74) is 1.85. The van der Waals surface area contributed by atoms with E-state index in [4.69, 9.17) is 16.3 Å². The summed E-state index contributed by atoms with van der Waals surface area (Å²) < 4.78 is 5.13. The van der Waals surface area contributed by atoms with Crippen molar-refractivity contribution in [2.75, 3.05) is 25.6 Å². The van der Waals surface area contributed by atoms with Crippen molar-refractivity contribution in [1.29, 1.82) is 0 Å². The van der Waals surface area contributed by atoms with Gasteiger partial charge in [0.25, 0.3) is 0 Å². The van der Waals surface area contributed by atoms with Crippen LogP contribution >= 0.6 is 11.6 Å². The largest absolute Gasteiger partial charge is 0.383 e. The normalized spacial score (nSPS) is 27.6. The lowest BCUT2D eigenvalue weighted by Crippen LogP contribution is -2.53. The number of halogens is 1. The predicted octanol–water partition coefficient (Wildman–Crippen LogP) is 2.43. The van der Waals surface area contributed by atoms with E-state index in [-0.39, 0.29) is 30.9 Å². The molecule has 8 nitrogen and oxygen atoms in total. The molecule has 3 amide bonds. The van der Waals surface area contributed by atoms with E-state index in [0.717, 1.165) is 16.5 Å². The minimum Gasteiger partial charge on any atom is -0.383 e. The van der Waals surface area contributed by atoms with Gasteiger partial charge in [0, 0.05) is 46.5 Å². The molecule has 3 N–H and O–H groups in total. The molecule has 3 aliphatic heterocycles. The highest BCUT2D eigenvalue weighted by Gasteiger charge is 2.70. The minimum absolute atomic E-state index is 0.154. The van der Waals surface area contributed by atoms with Gasteiger partial charge in [-0.2, -0.15) is 0 Å². The molecule has 3 aliphatic rings. The number of methoxy groups -OCH3 is 1. The van der Waals surface area contributed by atoms with Crippen LogP contribution in [0.4, 0.5) is 5.69 Å². The van der Waals surface area contributed by atoms with E-state index in [1.54, 1.807) is 18.2 Å². The van der Waals surface area contributed by atoms with Crippen LogP contribution in [0.15, 0.2) is 48.7 Å². The van der Waals surface area contributed by atoms with Crippen molar-refractivity contribution in [2.45, 2.75) is 18.0 Å². The van der Waals surface area contributed by atoms with Gasteiger partial charge in [-0.25, -0.2) is 0 Å². The third-order valence-corrected chi connectivity index (χ3v) is 7.64. The van der Waals surface area contributed by atoms with Crippen molar-refractivity contribution in [2.24, 2.45) is 11.8 Å². The number of aromatic amines is 1. The zero-order chi connectivity index (χ0) is 23.6.